The predicted octanol–water partition coefficient (Wildman–Crippen LogP) is 6.73. The van der Waals surface area contributed by atoms with Crippen LogP contribution in [-0.2, 0) is 15.6 Å². The van der Waals surface area contributed by atoms with Gasteiger partial charge in [0.2, 0.25) is 0 Å². The molecule has 0 fully saturated rings. The number of hydrogen-bond donors (Lipinski definition) is 0. The number of ether oxygens (including phenoxy) is 1. The molecule has 0 aliphatic carbocycles. The number of ketones is 1. The molecule has 0 spiro atoms. The minimum atomic E-state index is -1.80. The summed E-state index contributed by atoms with van der Waals surface area (Å²) in [4.78, 5) is 24.9. The van der Waals surface area contributed by atoms with Crippen molar-refractivity contribution in [3.63, 3.8) is 0 Å². The van der Waals surface area contributed by atoms with E-state index in [1.54, 1.807) is 36.4 Å². The zero-order valence-corrected chi connectivity index (χ0v) is 21.1. The van der Waals surface area contributed by atoms with Crippen LogP contribution in [0.2, 0.25) is 19.6 Å². The smallest absolute Gasteiger partial charge is 0.343 e. The van der Waals surface area contributed by atoms with Gasteiger partial charge < -0.3 is 9.16 Å². The van der Waals surface area contributed by atoms with E-state index in [0.717, 1.165) is 11.1 Å². The Labute approximate surface area is 203 Å². The summed E-state index contributed by atoms with van der Waals surface area (Å²) in [5.74, 6) is 0.264. The fourth-order valence-corrected chi connectivity index (χ4v) is 4.53. The first-order valence-corrected chi connectivity index (χ1v) is 15.0. The molecule has 0 bridgehead atoms. The van der Waals surface area contributed by atoms with Gasteiger partial charge in [0.1, 0.15) is 11.5 Å². The maximum Gasteiger partial charge on any atom is 0.343 e. The van der Waals surface area contributed by atoms with Gasteiger partial charge in [0.15, 0.2) is 8.32 Å². The Hall–Kier alpha value is -3.28. The minimum absolute atomic E-state index is 0.167. The van der Waals surface area contributed by atoms with Gasteiger partial charge in [-0.25, -0.2) is 4.79 Å². The topological polar surface area (TPSA) is 52.6 Å². The largest absolute Gasteiger partial charge is 0.423 e. The number of carbonyl (C=O) groups is 2. The summed E-state index contributed by atoms with van der Waals surface area (Å²) >= 11 is 0. The number of rotatable bonds is 11. The van der Waals surface area contributed by atoms with Crippen LogP contribution in [-0.4, -0.2) is 26.2 Å². The molecular formula is C29H32O4Si. The third kappa shape index (κ3) is 8.93. The van der Waals surface area contributed by atoms with E-state index >= 15 is 0 Å². The van der Waals surface area contributed by atoms with Crippen molar-refractivity contribution in [2.45, 2.75) is 45.0 Å². The fraction of sp³-hybridized carbons (Fsp3) is 0.241. The highest BCUT2D eigenvalue weighted by molar-refractivity contribution is 6.69. The van der Waals surface area contributed by atoms with E-state index in [2.05, 4.69) is 19.6 Å². The molecule has 3 rings (SSSR count). The molecule has 0 aromatic heterocycles. The van der Waals surface area contributed by atoms with Crippen molar-refractivity contribution in [1.82, 2.24) is 0 Å². The number of Topliss-reactive ketones (excluding diaryl/α,β-unsaturated/α-hetero) is 1. The molecule has 1 atom stereocenters. The van der Waals surface area contributed by atoms with Gasteiger partial charge in [0, 0.05) is 12.8 Å². The van der Waals surface area contributed by atoms with E-state index in [1.807, 2.05) is 60.7 Å². The van der Waals surface area contributed by atoms with Crippen molar-refractivity contribution >= 4 is 26.1 Å². The molecule has 5 heteroatoms. The first kappa shape index (κ1) is 25.3. The lowest BCUT2D eigenvalue weighted by atomic mass is 10.0. The summed E-state index contributed by atoms with van der Waals surface area (Å²) in [7, 11) is -1.80. The lowest BCUT2D eigenvalue weighted by molar-refractivity contribution is -0.120. The second-order valence-corrected chi connectivity index (χ2v) is 13.6. The van der Waals surface area contributed by atoms with Gasteiger partial charge in [0.05, 0.1) is 11.7 Å². The number of aryl methyl sites for hydroxylation is 1. The highest BCUT2D eigenvalue weighted by atomic mass is 28.4. The molecule has 3 aromatic rings. The van der Waals surface area contributed by atoms with Gasteiger partial charge in [-0.1, -0.05) is 72.8 Å². The van der Waals surface area contributed by atoms with Crippen LogP contribution in [0.4, 0.5) is 0 Å². The summed E-state index contributed by atoms with van der Waals surface area (Å²) in [6, 6.07) is 26.2. The summed E-state index contributed by atoms with van der Waals surface area (Å²) in [5.41, 5.74) is 2.62. The van der Waals surface area contributed by atoms with Gasteiger partial charge in [0.25, 0.3) is 0 Å². The Balaban J connectivity index is 1.52. The first-order valence-electron chi connectivity index (χ1n) is 11.6. The molecule has 0 N–H and O–H groups in total. The minimum Gasteiger partial charge on any atom is -0.423 e. The van der Waals surface area contributed by atoms with E-state index < -0.39 is 8.32 Å². The fourth-order valence-electron chi connectivity index (χ4n) is 3.46. The molecule has 0 heterocycles. The quantitative estimate of drug-likeness (QED) is 0.176. The molecule has 0 aliphatic rings. The summed E-state index contributed by atoms with van der Waals surface area (Å²) in [6.07, 6.45) is 5.23. The molecule has 0 saturated heterocycles. The summed E-state index contributed by atoms with van der Waals surface area (Å²) in [6.45, 7) is 6.40. The normalized spacial score (nSPS) is 12.4. The second-order valence-electron chi connectivity index (χ2n) is 9.18. The Morgan fingerprint density at radius 1 is 0.853 bits per heavy atom. The zero-order valence-electron chi connectivity index (χ0n) is 20.1. The van der Waals surface area contributed by atoms with E-state index in [-0.39, 0.29) is 17.9 Å². The molecule has 0 radical (unpaired) electrons. The van der Waals surface area contributed by atoms with Crippen molar-refractivity contribution < 1.29 is 18.8 Å². The van der Waals surface area contributed by atoms with E-state index in [9.17, 15) is 9.59 Å². The van der Waals surface area contributed by atoms with E-state index in [1.165, 1.54) is 0 Å². The van der Waals surface area contributed by atoms with Crippen LogP contribution in [0.25, 0.3) is 6.08 Å². The molecule has 3 aromatic carbocycles. The maximum absolute atomic E-state index is 12.7. The third-order valence-electron chi connectivity index (χ3n) is 5.07. The highest BCUT2D eigenvalue weighted by Crippen LogP contribution is 2.18. The number of benzene rings is 3. The van der Waals surface area contributed by atoms with Gasteiger partial charge >= 0.3 is 5.97 Å². The standard InChI is InChI=1S/C29H32O4Si/c1-34(2,3)33-28(21-17-23-10-6-4-7-11-23)22-26(30)18-14-24-15-19-27(20-16-24)32-29(31)25-12-8-5-9-13-25/h4-13,15-17,19-21,28H,14,18,22H2,1-3H3/b21-17+. The average Bonchev–Trinajstić information content (AvgIpc) is 2.82. The van der Waals surface area contributed by atoms with Gasteiger partial charge in [-0.2, -0.15) is 0 Å². The molecule has 1 unspecified atom stereocenters. The lowest BCUT2D eigenvalue weighted by Gasteiger charge is -2.24. The molecule has 176 valence electrons. The second kappa shape index (κ2) is 12.3. The SMILES string of the molecule is C[Si](C)(C)OC(/C=C/c1ccccc1)CC(=O)CCc1ccc(OC(=O)c2ccccc2)cc1. The van der Waals surface area contributed by atoms with Crippen LogP contribution in [0.1, 0.15) is 34.3 Å². The van der Waals surface area contributed by atoms with Crippen molar-refractivity contribution in [3.8, 4) is 5.75 Å². The van der Waals surface area contributed by atoms with Crippen molar-refractivity contribution in [2.75, 3.05) is 0 Å². The van der Waals surface area contributed by atoms with E-state index in [0.29, 0.717) is 30.6 Å². The maximum atomic E-state index is 12.7. The molecule has 0 aliphatic heterocycles. The van der Waals surface area contributed by atoms with Gasteiger partial charge in [-0.15, -0.1) is 0 Å². The van der Waals surface area contributed by atoms with Crippen LogP contribution in [0.5, 0.6) is 5.75 Å². The zero-order chi connectivity index (χ0) is 24.4. The Bertz CT molecular complexity index is 1080. The van der Waals surface area contributed by atoms with Crippen LogP contribution in [0, 0.1) is 0 Å². The Kier molecular flexibility index (Phi) is 9.13. The molecular weight excluding hydrogens is 440 g/mol. The average molecular weight is 473 g/mol. The first-order chi connectivity index (χ1) is 16.3. The Morgan fingerprint density at radius 2 is 1.47 bits per heavy atom. The van der Waals surface area contributed by atoms with Crippen LogP contribution >= 0.6 is 0 Å². The summed E-state index contributed by atoms with van der Waals surface area (Å²) in [5, 5.41) is 0. The molecule has 0 saturated carbocycles. The van der Waals surface area contributed by atoms with Crippen LogP contribution in [0.15, 0.2) is 91.0 Å². The van der Waals surface area contributed by atoms with Gasteiger partial charge in [-0.3, -0.25) is 4.79 Å². The molecule has 0 amide bonds. The monoisotopic (exact) mass is 472 g/mol. The molecule has 34 heavy (non-hydrogen) atoms. The number of carbonyl (C=O) groups excluding carboxylic acids is 2. The third-order valence-corrected chi connectivity index (χ3v) is 6.08. The predicted molar refractivity (Wildman–Crippen MR) is 139 cm³/mol. The molecule has 4 nitrogen and oxygen atoms in total. The van der Waals surface area contributed by atoms with E-state index in [4.69, 9.17) is 9.16 Å². The number of esters is 1. The van der Waals surface area contributed by atoms with Crippen LogP contribution < -0.4 is 4.74 Å². The Morgan fingerprint density at radius 3 is 2.09 bits per heavy atom. The van der Waals surface area contributed by atoms with Crippen molar-refractivity contribution in [3.05, 3.63) is 108 Å². The lowest BCUT2D eigenvalue weighted by Crippen LogP contribution is -2.32. The van der Waals surface area contributed by atoms with Crippen molar-refractivity contribution in [1.29, 1.82) is 0 Å². The summed E-state index contributed by atoms with van der Waals surface area (Å²) < 4.78 is 11.7. The van der Waals surface area contributed by atoms with Crippen LogP contribution in [0.3, 0.4) is 0 Å². The number of hydrogen-bond acceptors (Lipinski definition) is 4. The van der Waals surface area contributed by atoms with Gasteiger partial charge in [-0.05, 0) is 61.5 Å². The highest BCUT2D eigenvalue weighted by Gasteiger charge is 2.21. The van der Waals surface area contributed by atoms with Crippen molar-refractivity contribution in [2.24, 2.45) is 0 Å².